The molecule has 0 spiro atoms. The van der Waals surface area contributed by atoms with Gasteiger partial charge in [0.05, 0.1) is 6.61 Å². The van der Waals surface area contributed by atoms with Crippen molar-refractivity contribution in [2.45, 2.75) is 39.0 Å². The minimum Gasteiger partial charge on any atom is -0.467 e. The Labute approximate surface area is 131 Å². The van der Waals surface area contributed by atoms with Gasteiger partial charge in [0.25, 0.3) is 0 Å². The number of benzene rings is 1. The normalized spacial score (nSPS) is 26.2. The molecule has 3 rings (SSSR count). The fourth-order valence-corrected chi connectivity index (χ4v) is 3.77. The molecule has 1 saturated heterocycles. The third kappa shape index (κ3) is 3.19. The highest BCUT2D eigenvalue weighted by Gasteiger charge is 2.28. The van der Waals surface area contributed by atoms with Crippen LogP contribution in [0.4, 0.5) is 0 Å². The van der Waals surface area contributed by atoms with Crippen LogP contribution in [0.25, 0.3) is 0 Å². The first kappa shape index (κ1) is 15.1. The number of piperidine rings is 1. The van der Waals surface area contributed by atoms with E-state index < -0.39 is 0 Å². The average Bonchev–Trinajstić information content (AvgIpc) is 2.47. The Bertz CT molecular complexity index is 509. The fourth-order valence-electron chi connectivity index (χ4n) is 3.51. The second kappa shape index (κ2) is 6.53. The highest BCUT2D eigenvalue weighted by atomic mass is 35.5. The van der Waals surface area contributed by atoms with Gasteiger partial charge in [-0.05, 0) is 37.4 Å². The van der Waals surface area contributed by atoms with Gasteiger partial charge in [0.2, 0.25) is 0 Å². The highest BCUT2D eigenvalue weighted by molar-refractivity contribution is 6.30. The summed E-state index contributed by atoms with van der Waals surface area (Å²) in [5.41, 5.74) is 8.17. The first-order valence-electron chi connectivity index (χ1n) is 7.65. The number of ether oxygens (including phenoxy) is 2. The average molecular weight is 311 g/mol. The second-order valence-corrected chi connectivity index (χ2v) is 6.49. The Morgan fingerprint density at radius 3 is 3.10 bits per heavy atom. The Morgan fingerprint density at radius 1 is 1.43 bits per heavy atom. The van der Waals surface area contributed by atoms with Gasteiger partial charge in [0.15, 0.2) is 6.79 Å². The molecule has 0 bridgehead atoms. The van der Waals surface area contributed by atoms with Gasteiger partial charge in [-0.3, -0.25) is 4.90 Å². The number of halogens is 1. The van der Waals surface area contributed by atoms with Crippen LogP contribution >= 0.6 is 11.6 Å². The van der Waals surface area contributed by atoms with Gasteiger partial charge < -0.3 is 15.2 Å². The maximum atomic E-state index is 6.24. The summed E-state index contributed by atoms with van der Waals surface area (Å²) in [6.07, 6.45) is 2.49. The Morgan fingerprint density at radius 2 is 2.29 bits per heavy atom. The molecule has 1 fully saturated rings. The van der Waals surface area contributed by atoms with Crippen LogP contribution in [0.2, 0.25) is 5.02 Å². The van der Waals surface area contributed by atoms with Gasteiger partial charge in [-0.25, -0.2) is 0 Å². The molecule has 21 heavy (non-hydrogen) atoms. The van der Waals surface area contributed by atoms with Crippen molar-refractivity contribution >= 4 is 11.6 Å². The maximum Gasteiger partial charge on any atom is 0.189 e. The van der Waals surface area contributed by atoms with Crippen LogP contribution in [0.5, 0.6) is 5.75 Å². The van der Waals surface area contributed by atoms with Gasteiger partial charge in [0, 0.05) is 35.3 Å². The molecule has 0 amide bonds. The van der Waals surface area contributed by atoms with Crippen molar-refractivity contribution in [3.63, 3.8) is 0 Å². The number of likely N-dealkylation sites (tertiary alicyclic amines) is 1. The number of nitrogens with zero attached hydrogens (tertiary/aromatic N) is 1. The van der Waals surface area contributed by atoms with Gasteiger partial charge in [-0.15, -0.1) is 0 Å². The predicted octanol–water partition coefficient (Wildman–Crippen LogP) is 2.77. The Balaban J connectivity index is 1.85. The van der Waals surface area contributed by atoms with Crippen LogP contribution in [-0.2, 0) is 17.9 Å². The molecule has 0 aliphatic carbocycles. The number of fused-ring (bicyclic) bond motifs is 1. The zero-order valence-corrected chi connectivity index (χ0v) is 13.2. The fraction of sp³-hybridized carbons (Fsp3) is 0.625. The summed E-state index contributed by atoms with van der Waals surface area (Å²) >= 11 is 6.24. The zero-order valence-electron chi connectivity index (χ0n) is 12.5. The van der Waals surface area contributed by atoms with Gasteiger partial charge in [-0.1, -0.05) is 18.5 Å². The van der Waals surface area contributed by atoms with Gasteiger partial charge >= 0.3 is 0 Å². The molecular formula is C16H23ClN2O2. The molecule has 116 valence electrons. The summed E-state index contributed by atoms with van der Waals surface area (Å²) in [4.78, 5) is 2.47. The van der Waals surface area contributed by atoms with Crippen molar-refractivity contribution in [3.8, 4) is 5.75 Å². The molecule has 4 nitrogen and oxygen atoms in total. The van der Waals surface area contributed by atoms with Gasteiger partial charge in [-0.2, -0.15) is 0 Å². The molecule has 1 aromatic carbocycles. The molecular weight excluding hydrogens is 288 g/mol. The lowest BCUT2D eigenvalue weighted by Gasteiger charge is -2.40. The first-order chi connectivity index (χ1) is 10.2. The van der Waals surface area contributed by atoms with Crippen molar-refractivity contribution in [1.82, 2.24) is 4.90 Å². The van der Waals surface area contributed by atoms with E-state index in [-0.39, 0.29) is 0 Å². The first-order valence-corrected chi connectivity index (χ1v) is 8.02. The van der Waals surface area contributed by atoms with Crippen LogP contribution in [-0.4, -0.2) is 30.8 Å². The number of nitrogens with two attached hydrogens (primary N) is 1. The van der Waals surface area contributed by atoms with Crippen molar-refractivity contribution in [2.24, 2.45) is 11.7 Å². The Kier molecular flexibility index (Phi) is 4.69. The lowest BCUT2D eigenvalue weighted by molar-refractivity contribution is -0.0179. The minimum absolute atomic E-state index is 0.318. The minimum atomic E-state index is 0.318. The van der Waals surface area contributed by atoms with E-state index in [2.05, 4.69) is 11.8 Å². The highest BCUT2D eigenvalue weighted by Crippen LogP contribution is 2.34. The quantitative estimate of drug-likeness (QED) is 0.932. The van der Waals surface area contributed by atoms with Crippen molar-refractivity contribution in [2.75, 3.05) is 19.9 Å². The number of rotatable bonds is 3. The van der Waals surface area contributed by atoms with Crippen LogP contribution in [0.15, 0.2) is 12.1 Å². The van der Waals surface area contributed by atoms with E-state index in [1.807, 2.05) is 12.1 Å². The third-order valence-corrected chi connectivity index (χ3v) is 4.82. The zero-order chi connectivity index (χ0) is 14.8. The molecule has 5 heteroatoms. The molecule has 2 aliphatic heterocycles. The summed E-state index contributed by atoms with van der Waals surface area (Å²) in [5, 5.41) is 0.743. The summed E-state index contributed by atoms with van der Waals surface area (Å²) in [7, 11) is 0. The standard InChI is InChI=1S/C16H23ClN2O2/c1-11-3-2-4-19(15(11)7-18)8-12-5-14(17)6-13-9-20-10-21-16(12)13/h5-6,11,15H,2-4,7-10,18H2,1H3. The third-order valence-electron chi connectivity index (χ3n) is 4.60. The summed E-state index contributed by atoms with van der Waals surface area (Å²) in [6.45, 7) is 5.81. The Hall–Kier alpha value is -0.810. The van der Waals surface area contributed by atoms with Gasteiger partial charge in [0.1, 0.15) is 5.75 Å². The number of hydrogen-bond acceptors (Lipinski definition) is 4. The summed E-state index contributed by atoms with van der Waals surface area (Å²) < 4.78 is 11.0. The number of hydrogen-bond donors (Lipinski definition) is 1. The molecule has 0 aromatic heterocycles. The van der Waals surface area contributed by atoms with E-state index in [4.69, 9.17) is 26.8 Å². The largest absolute Gasteiger partial charge is 0.467 e. The van der Waals surface area contributed by atoms with Crippen molar-refractivity contribution in [1.29, 1.82) is 0 Å². The van der Waals surface area contributed by atoms with E-state index >= 15 is 0 Å². The molecule has 2 N–H and O–H groups in total. The lowest BCUT2D eigenvalue weighted by atomic mass is 9.90. The second-order valence-electron chi connectivity index (χ2n) is 6.06. The molecule has 2 atom stereocenters. The molecule has 0 saturated carbocycles. The van der Waals surface area contributed by atoms with Crippen molar-refractivity contribution in [3.05, 3.63) is 28.3 Å². The summed E-state index contributed by atoms with van der Waals surface area (Å²) in [6, 6.07) is 4.38. The summed E-state index contributed by atoms with van der Waals surface area (Å²) in [5.74, 6) is 1.59. The smallest absolute Gasteiger partial charge is 0.189 e. The molecule has 2 unspecified atom stereocenters. The van der Waals surface area contributed by atoms with E-state index in [1.165, 1.54) is 12.8 Å². The topological polar surface area (TPSA) is 47.7 Å². The molecule has 1 aromatic rings. The van der Waals surface area contributed by atoms with E-state index in [0.717, 1.165) is 35.0 Å². The van der Waals surface area contributed by atoms with E-state index in [1.54, 1.807) is 0 Å². The van der Waals surface area contributed by atoms with Crippen LogP contribution in [0.1, 0.15) is 30.9 Å². The van der Waals surface area contributed by atoms with Crippen LogP contribution in [0, 0.1) is 5.92 Å². The van der Waals surface area contributed by atoms with Crippen molar-refractivity contribution < 1.29 is 9.47 Å². The lowest BCUT2D eigenvalue weighted by Crippen LogP contribution is -2.48. The van der Waals surface area contributed by atoms with Crippen LogP contribution in [0.3, 0.4) is 0 Å². The predicted molar refractivity (Wildman–Crippen MR) is 83.4 cm³/mol. The maximum absolute atomic E-state index is 6.24. The van der Waals surface area contributed by atoms with Crippen LogP contribution < -0.4 is 10.5 Å². The molecule has 2 heterocycles. The molecule has 2 aliphatic rings. The SMILES string of the molecule is CC1CCCN(Cc2cc(Cl)cc3c2OCOC3)C1CN. The monoisotopic (exact) mass is 310 g/mol. The molecule has 0 radical (unpaired) electrons. The van der Waals surface area contributed by atoms with E-state index in [0.29, 0.717) is 31.9 Å². The van der Waals surface area contributed by atoms with E-state index in [9.17, 15) is 0 Å².